The first-order valence-electron chi connectivity index (χ1n) is 15.6. The van der Waals surface area contributed by atoms with Gasteiger partial charge in [0.1, 0.15) is 10.6 Å². The van der Waals surface area contributed by atoms with E-state index >= 15 is 0 Å². The van der Waals surface area contributed by atoms with Crippen LogP contribution in [-0.4, -0.2) is 61.9 Å². The molecule has 0 fully saturated rings. The van der Waals surface area contributed by atoms with Gasteiger partial charge in [0, 0.05) is 47.3 Å². The molecule has 0 bridgehead atoms. The molecule has 1 amide bonds. The fourth-order valence-electron chi connectivity index (χ4n) is 5.70. The van der Waals surface area contributed by atoms with Gasteiger partial charge in [-0.25, -0.2) is 4.98 Å². The quantitative estimate of drug-likeness (QED) is 0.124. The molecule has 0 saturated carbocycles. The number of carbonyl (C=O) groups is 1. The number of nitrogens with zero attached hydrogens (tertiary/aromatic N) is 1. The zero-order chi connectivity index (χ0) is 31.9. The molecule has 2 N–H and O–H groups in total. The molecular weight excluding hydrogens is 604 g/mol. The second kappa shape index (κ2) is 15.0. The van der Waals surface area contributed by atoms with Crippen LogP contribution in [0.15, 0.2) is 89.2 Å². The van der Waals surface area contributed by atoms with Gasteiger partial charge >= 0.3 is 0 Å². The van der Waals surface area contributed by atoms with Crippen LogP contribution in [0.4, 0.5) is 5.69 Å². The van der Waals surface area contributed by atoms with E-state index in [1.165, 1.54) is 5.56 Å². The molecule has 1 aliphatic rings. The Balaban J connectivity index is 1.21. The SMILES string of the molecule is CCO[C@H]1OC(C(=O)Nc2ccc(-c3nc4ccc(C)cc4s3)cc2)=C[C@@H](c2coc3ccccc23)[C@@H]1CCOCCOCCO. The van der Waals surface area contributed by atoms with Crippen LogP contribution in [0, 0.1) is 12.8 Å². The number of ether oxygens (including phenoxy) is 4. The third-order valence-corrected chi connectivity index (χ3v) is 9.01. The number of benzene rings is 3. The summed E-state index contributed by atoms with van der Waals surface area (Å²) in [6.45, 7) is 5.92. The fourth-order valence-corrected chi connectivity index (χ4v) is 6.77. The first kappa shape index (κ1) is 31.9. The van der Waals surface area contributed by atoms with Gasteiger partial charge in [-0.3, -0.25) is 4.79 Å². The molecule has 0 saturated heterocycles. The number of aryl methyl sites for hydroxylation is 1. The lowest BCUT2D eigenvalue weighted by Gasteiger charge is -2.36. The summed E-state index contributed by atoms with van der Waals surface area (Å²) < 4.78 is 30.5. The van der Waals surface area contributed by atoms with Gasteiger partial charge in [-0.2, -0.15) is 0 Å². The maximum Gasteiger partial charge on any atom is 0.290 e. The van der Waals surface area contributed by atoms with Gasteiger partial charge in [-0.15, -0.1) is 11.3 Å². The Morgan fingerprint density at radius 1 is 1.02 bits per heavy atom. The number of hydrogen-bond donors (Lipinski definition) is 2. The molecule has 1 aliphatic heterocycles. The van der Waals surface area contributed by atoms with Crippen LogP contribution in [-0.2, 0) is 23.7 Å². The van der Waals surface area contributed by atoms with Crippen molar-refractivity contribution in [2.45, 2.75) is 32.5 Å². The number of nitrogens with one attached hydrogen (secondary N) is 1. The molecule has 0 spiro atoms. The Kier molecular flexibility index (Phi) is 10.4. The van der Waals surface area contributed by atoms with Crippen LogP contribution >= 0.6 is 11.3 Å². The van der Waals surface area contributed by atoms with E-state index in [0.29, 0.717) is 38.5 Å². The van der Waals surface area contributed by atoms with Gasteiger partial charge in [-0.1, -0.05) is 24.3 Å². The molecule has 3 atom stereocenters. The Labute approximate surface area is 271 Å². The summed E-state index contributed by atoms with van der Waals surface area (Å²) in [6.07, 6.45) is 3.57. The van der Waals surface area contributed by atoms with Gasteiger partial charge in [-0.05, 0) is 74.4 Å². The summed E-state index contributed by atoms with van der Waals surface area (Å²) in [5, 5.41) is 13.8. The van der Waals surface area contributed by atoms with E-state index in [2.05, 4.69) is 24.4 Å². The number of amides is 1. The van der Waals surface area contributed by atoms with Crippen LogP contribution in [0.5, 0.6) is 0 Å². The summed E-state index contributed by atoms with van der Waals surface area (Å²) in [4.78, 5) is 18.4. The van der Waals surface area contributed by atoms with Gasteiger partial charge in [0.05, 0.1) is 42.9 Å². The molecule has 10 heteroatoms. The molecule has 240 valence electrons. The Hall–Kier alpha value is -4.06. The summed E-state index contributed by atoms with van der Waals surface area (Å²) in [5.74, 6) is -0.544. The lowest BCUT2D eigenvalue weighted by molar-refractivity contribution is -0.166. The highest BCUT2D eigenvalue weighted by Crippen LogP contribution is 2.42. The Morgan fingerprint density at radius 2 is 1.83 bits per heavy atom. The summed E-state index contributed by atoms with van der Waals surface area (Å²) >= 11 is 1.65. The van der Waals surface area contributed by atoms with Crippen molar-refractivity contribution < 1.29 is 33.3 Å². The van der Waals surface area contributed by atoms with Crippen LogP contribution in [0.25, 0.3) is 31.8 Å². The second-order valence-corrected chi connectivity index (χ2v) is 12.1. The fraction of sp³-hybridized carbons (Fsp3) is 0.333. The number of thiazole rings is 1. The van der Waals surface area contributed by atoms with Crippen molar-refractivity contribution in [1.29, 1.82) is 0 Å². The highest BCUT2D eigenvalue weighted by Gasteiger charge is 2.39. The number of carbonyl (C=O) groups excluding carboxylic acids is 1. The zero-order valence-electron chi connectivity index (χ0n) is 25.9. The minimum Gasteiger partial charge on any atom is -0.464 e. The standard InChI is InChI=1S/C36H38N2O7S/c1-3-43-36-27(14-16-41-18-19-42-17-15-39)28(29-22-44-31-7-5-4-6-26(29)31)21-32(45-36)34(40)37-25-11-9-24(10-12-25)35-38-30-13-8-23(2)20-33(30)46-35/h4-13,20-22,27-28,36,39H,3,14-19H2,1-2H3,(H,37,40)/t27-,28+,36-/m0/s1. The highest BCUT2D eigenvalue weighted by molar-refractivity contribution is 7.21. The Bertz CT molecular complexity index is 1800. The lowest BCUT2D eigenvalue weighted by atomic mass is 9.81. The molecular formula is C36H38N2O7S. The largest absolute Gasteiger partial charge is 0.464 e. The molecule has 3 aromatic carbocycles. The first-order chi connectivity index (χ1) is 22.5. The third-order valence-electron chi connectivity index (χ3n) is 7.95. The van der Waals surface area contributed by atoms with Crippen LogP contribution < -0.4 is 5.32 Å². The van der Waals surface area contributed by atoms with Crippen LogP contribution in [0.3, 0.4) is 0 Å². The maximum atomic E-state index is 13.6. The normalized spacial score (nSPS) is 18.1. The van der Waals surface area contributed by atoms with Crippen molar-refractivity contribution in [2.24, 2.45) is 5.92 Å². The van der Waals surface area contributed by atoms with E-state index in [1.54, 1.807) is 17.6 Å². The second-order valence-electron chi connectivity index (χ2n) is 11.1. The molecule has 3 heterocycles. The number of fused-ring (bicyclic) bond motifs is 2. The Morgan fingerprint density at radius 3 is 2.63 bits per heavy atom. The van der Waals surface area contributed by atoms with Crippen molar-refractivity contribution in [1.82, 2.24) is 4.98 Å². The highest BCUT2D eigenvalue weighted by atomic mass is 32.1. The number of aliphatic hydroxyl groups is 1. The number of allylic oxidation sites excluding steroid dienone is 1. The van der Waals surface area contributed by atoms with E-state index in [0.717, 1.165) is 37.3 Å². The minimum absolute atomic E-state index is 0.0206. The average Bonchev–Trinajstić information content (AvgIpc) is 3.69. The predicted molar refractivity (Wildman–Crippen MR) is 179 cm³/mol. The van der Waals surface area contributed by atoms with Gasteiger partial charge < -0.3 is 33.8 Å². The number of furan rings is 1. The third kappa shape index (κ3) is 7.32. The topological polar surface area (TPSA) is 112 Å². The number of rotatable bonds is 14. The van der Waals surface area contributed by atoms with Crippen molar-refractivity contribution in [3.05, 3.63) is 96.0 Å². The van der Waals surface area contributed by atoms with E-state index in [1.807, 2.05) is 67.6 Å². The molecule has 9 nitrogen and oxygen atoms in total. The molecule has 6 rings (SSSR count). The molecule has 0 radical (unpaired) electrons. The number of aliphatic hydroxyl groups excluding tert-OH is 1. The van der Waals surface area contributed by atoms with E-state index in [-0.39, 0.29) is 36.7 Å². The summed E-state index contributed by atoms with van der Waals surface area (Å²) in [6, 6.07) is 21.8. The van der Waals surface area contributed by atoms with Crippen molar-refractivity contribution >= 4 is 44.1 Å². The maximum absolute atomic E-state index is 13.6. The average molecular weight is 643 g/mol. The molecule has 2 aromatic heterocycles. The molecule has 5 aromatic rings. The van der Waals surface area contributed by atoms with Crippen molar-refractivity contribution in [3.63, 3.8) is 0 Å². The van der Waals surface area contributed by atoms with Gasteiger partial charge in [0.2, 0.25) is 6.29 Å². The number of aromatic nitrogens is 1. The van der Waals surface area contributed by atoms with Crippen LogP contribution in [0.1, 0.15) is 30.4 Å². The van der Waals surface area contributed by atoms with E-state index in [9.17, 15) is 4.79 Å². The van der Waals surface area contributed by atoms with Gasteiger partial charge in [0.25, 0.3) is 5.91 Å². The zero-order valence-corrected chi connectivity index (χ0v) is 26.8. The van der Waals surface area contributed by atoms with Crippen LogP contribution in [0.2, 0.25) is 0 Å². The number of anilines is 1. The predicted octanol–water partition coefficient (Wildman–Crippen LogP) is 7.05. The molecule has 46 heavy (non-hydrogen) atoms. The summed E-state index contributed by atoms with van der Waals surface area (Å²) in [7, 11) is 0. The van der Waals surface area contributed by atoms with Crippen molar-refractivity contribution in [3.8, 4) is 10.6 Å². The molecule has 0 aliphatic carbocycles. The number of hydrogen-bond acceptors (Lipinski definition) is 9. The smallest absolute Gasteiger partial charge is 0.290 e. The van der Waals surface area contributed by atoms with E-state index < -0.39 is 6.29 Å². The van der Waals surface area contributed by atoms with Crippen molar-refractivity contribution in [2.75, 3.05) is 45.0 Å². The summed E-state index contributed by atoms with van der Waals surface area (Å²) in [5.41, 5.74) is 5.54. The number of para-hydroxylation sites is 1. The minimum atomic E-state index is -0.673. The molecule has 0 unspecified atom stereocenters. The lowest BCUT2D eigenvalue weighted by Crippen LogP contribution is -2.38. The monoisotopic (exact) mass is 642 g/mol. The first-order valence-corrected chi connectivity index (χ1v) is 16.4. The van der Waals surface area contributed by atoms with E-state index in [4.69, 9.17) is 33.5 Å². The van der Waals surface area contributed by atoms with Gasteiger partial charge in [0.15, 0.2) is 5.76 Å².